The summed E-state index contributed by atoms with van der Waals surface area (Å²) >= 11 is 0. The van der Waals surface area contributed by atoms with Crippen molar-refractivity contribution in [3.63, 3.8) is 0 Å². The summed E-state index contributed by atoms with van der Waals surface area (Å²) in [4.78, 5) is 32.2. The smallest absolute Gasteiger partial charge is 0.182 e. The highest BCUT2D eigenvalue weighted by atomic mass is 16.5. The molecule has 0 unspecified atom stereocenters. The number of ether oxygens (including phenoxy) is 1. The molecule has 5 rings (SSSR count). The van der Waals surface area contributed by atoms with Crippen LogP contribution in [0.25, 0.3) is 10.9 Å². The first kappa shape index (κ1) is 22.3. The zero-order valence-corrected chi connectivity index (χ0v) is 19.2. The van der Waals surface area contributed by atoms with Crippen LogP contribution in [0.4, 0.5) is 0 Å². The van der Waals surface area contributed by atoms with Crippen LogP contribution in [0.15, 0.2) is 84.9 Å². The Kier molecular flexibility index (Phi) is 6.39. The number of rotatable bonds is 8. The van der Waals surface area contributed by atoms with Crippen LogP contribution in [0.5, 0.6) is 0 Å². The van der Waals surface area contributed by atoms with Crippen molar-refractivity contribution in [3.05, 3.63) is 107 Å². The summed E-state index contributed by atoms with van der Waals surface area (Å²) in [5.41, 5.74) is 4.27. The van der Waals surface area contributed by atoms with Crippen molar-refractivity contribution in [3.8, 4) is 0 Å². The van der Waals surface area contributed by atoms with Crippen LogP contribution in [-0.2, 0) is 11.3 Å². The van der Waals surface area contributed by atoms with Gasteiger partial charge in [-0.05, 0) is 25.0 Å². The van der Waals surface area contributed by atoms with Crippen LogP contribution in [0.1, 0.15) is 38.4 Å². The average Bonchev–Trinajstić information content (AvgIpc) is 3.43. The first-order valence-corrected chi connectivity index (χ1v) is 11.7. The summed E-state index contributed by atoms with van der Waals surface area (Å²) in [5, 5.41) is 0.924. The molecule has 1 aliphatic heterocycles. The Labute approximate surface area is 199 Å². The molecule has 1 aromatic heterocycles. The molecule has 0 amide bonds. The Hall–Kier alpha value is -3.54. The lowest BCUT2D eigenvalue weighted by atomic mass is 9.98. The molecule has 172 valence electrons. The zero-order valence-electron chi connectivity index (χ0n) is 19.2. The largest absolute Gasteiger partial charge is 0.372 e. The Morgan fingerprint density at radius 2 is 1.62 bits per heavy atom. The molecule has 1 aliphatic rings. The van der Waals surface area contributed by atoms with E-state index in [0.717, 1.165) is 22.2 Å². The number of nitrogens with one attached hydrogen (secondary N) is 1. The van der Waals surface area contributed by atoms with Crippen LogP contribution < -0.4 is 0 Å². The predicted octanol–water partition coefficient (Wildman–Crippen LogP) is 5.20. The van der Waals surface area contributed by atoms with Gasteiger partial charge in [-0.3, -0.25) is 14.5 Å². The number of aromatic nitrogens is 1. The van der Waals surface area contributed by atoms with Gasteiger partial charge in [-0.2, -0.15) is 0 Å². The number of H-pyrrole nitrogens is 1. The molecule has 4 aromatic rings. The number of nitrogens with zero attached hydrogens (tertiary/aromatic N) is 1. The van der Waals surface area contributed by atoms with Gasteiger partial charge in [0.15, 0.2) is 11.6 Å². The third-order valence-corrected chi connectivity index (χ3v) is 6.58. The molecule has 0 saturated carbocycles. The topological polar surface area (TPSA) is 62.4 Å². The fraction of sp³-hybridized carbons (Fsp3) is 0.241. The number of Topliss-reactive ketones (excluding diaryl/α,β-unsaturated/α-hetero) is 2. The average molecular weight is 453 g/mol. The molecule has 0 spiro atoms. The molecule has 0 aliphatic carbocycles. The van der Waals surface area contributed by atoms with Crippen LogP contribution in [-0.4, -0.2) is 46.7 Å². The maximum atomic E-state index is 13.9. The number of ketones is 2. The van der Waals surface area contributed by atoms with Crippen molar-refractivity contribution in [2.24, 2.45) is 0 Å². The number of aryl methyl sites for hydroxylation is 1. The van der Waals surface area contributed by atoms with Gasteiger partial charge in [-0.15, -0.1) is 0 Å². The standard InChI is InChI=1S/C29H28N2O3/c1-20-28(24-14-8-9-15-25(24)30-20)29(33)26-16-23(34-19-21-10-4-2-5-11-21)17-31(26)18-27(32)22-12-6-3-7-13-22/h2-15,23,26,30H,16-19H2,1H3/t23-,26+/m0/s1. The van der Waals surface area contributed by atoms with Crippen LogP contribution in [0.2, 0.25) is 0 Å². The number of carbonyl (C=O) groups is 2. The molecule has 2 atom stereocenters. The second kappa shape index (κ2) is 9.75. The normalized spacial score (nSPS) is 18.4. The van der Waals surface area contributed by atoms with Crippen molar-refractivity contribution in [2.45, 2.75) is 32.1 Å². The lowest BCUT2D eigenvalue weighted by molar-refractivity contribution is 0.0463. The van der Waals surface area contributed by atoms with E-state index in [9.17, 15) is 9.59 Å². The van der Waals surface area contributed by atoms with Gasteiger partial charge in [0.05, 0.1) is 25.3 Å². The molecule has 34 heavy (non-hydrogen) atoms. The Morgan fingerprint density at radius 3 is 2.38 bits per heavy atom. The Morgan fingerprint density at radius 1 is 0.941 bits per heavy atom. The molecular weight excluding hydrogens is 424 g/mol. The number of benzene rings is 3. The van der Waals surface area contributed by atoms with E-state index in [0.29, 0.717) is 30.7 Å². The molecule has 1 saturated heterocycles. The highest BCUT2D eigenvalue weighted by Crippen LogP contribution is 2.30. The maximum absolute atomic E-state index is 13.9. The van der Waals surface area contributed by atoms with Crippen molar-refractivity contribution in [1.29, 1.82) is 0 Å². The lowest BCUT2D eigenvalue weighted by Crippen LogP contribution is -2.39. The number of likely N-dealkylation sites (tertiary alicyclic amines) is 1. The van der Waals surface area contributed by atoms with E-state index < -0.39 is 6.04 Å². The highest BCUT2D eigenvalue weighted by molar-refractivity contribution is 6.12. The monoisotopic (exact) mass is 452 g/mol. The van der Waals surface area contributed by atoms with Crippen LogP contribution in [0.3, 0.4) is 0 Å². The second-order valence-corrected chi connectivity index (χ2v) is 8.92. The summed E-state index contributed by atoms with van der Waals surface area (Å²) in [6.07, 6.45) is 0.440. The van der Waals surface area contributed by atoms with Gasteiger partial charge in [0.25, 0.3) is 0 Å². The summed E-state index contributed by atoms with van der Waals surface area (Å²) in [5.74, 6) is 0.0550. The van der Waals surface area contributed by atoms with Crippen molar-refractivity contribution in [2.75, 3.05) is 13.1 Å². The van der Waals surface area contributed by atoms with E-state index in [2.05, 4.69) is 4.98 Å². The zero-order chi connectivity index (χ0) is 23.5. The summed E-state index contributed by atoms with van der Waals surface area (Å²) in [6.45, 7) is 3.15. The van der Waals surface area contributed by atoms with Gasteiger partial charge >= 0.3 is 0 Å². The summed E-state index contributed by atoms with van der Waals surface area (Å²) < 4.78 is 6.21. The molecule has 0 bridgehead atoms. The quantitative estimate of drug-likeness (QED) is 0.373. The van der Waals surface area contributed by atoms with E-state index in [4.69, 9.17) is 4.74 Å². The number of aromatic amines is 1. The minimum atomic E-state index is -0.411. The first-order chi connectivity index (χ1) is 16.6. The van der Waals surface area contributed by atoms with E-state index in [1.54, 1.807) is 0 Å². The van der Waals surface area contributed by atoms with E-state index in [1.165, 1.54) is 0 Å². The third-order valence-electron chi connectivity index (χ3n) is 6.58. The SMILES string of the molecule is Cc1[nH]c2ccccc2c1C(=O)[C@H]1C[C@H](OCc2ccccc2)CN1CC(=O)c1ccccc1. The number of carbonyl (C=O) groups excluding carboxylic acids is 2. The molecular formula is C29H28N2O3. The van der Waals surface area contributed by atoms with Gasteiger partial charge in [0, 0.05) is 34.3 Å². The van der Waals surface area contributed by atoms with E-state index >= 15 is 0 Å². The van der Waals surface area contributed by atoms with Crippen LogP contribution >= 0.6 is 0 Å². The van der Waals surface area contributed by atoms with E-state index in [1.807, 2.05) is 96.8 Å². The van der Waals surface area contributed by atoms with Crippen molar-refractivity contribution < 1.29 is 14.3 Å². The molecule has 3 aromatic carbocycles. The number of hydrogen-bond acceptors (Lipinski definition) is 4. The maximum Gasteiger partial charge on any atom is 0.182 e. The minimum Gasteiger partial charge on any atom is -0.372 e. The molecule has 5 heteroatoms. The molecule has 1 N–H and O–H groups in total. The molecule has 2 heterocycles. The lowest BCUT2D eigenvalue weighted by Gasteiger charge is -2.22. The first-order valence-electron chi connectivity index (χ1n) is 11.7. The molecule has 0 radical (unpaired) electrons. The van der Waals surface area contributed by atoms with Crippen molar-refractivity contribution >= 4 is 22.5 Å². The highest BCUT2D eigenvalue weighted by Gasteiger charge is 2.39. The molecule has 5 nitrogen and oxygen atoms in total. The summed E-state index contributed by atoms with van der Waals surface area (Å²) in [6, 6.07) is 26.7. The van der Waals surface area contributed by atoms with Gasteiger partial charge in [0.1, 0.15) is 0 Å². The number of hydrogen-bond donors (Lipinski definition) is 1. The van der Waals surface area contributed by atoms with Crippen LogP contribution in [0, 0.1) is 6.92 Å². The van der Waals surface area contributed by atoms with Gasteiger partial charge in [-0.1, -0.05) is 78.9 Å². The predicted molar refractivity (Wildman–Crippen MR) is 133 cm³/mol. The third kappa shape index (κ3) is 4.58. The fourth-order valence-corrected chi connectivity index (χ4v) is 4.88. The Balaban J connectivity index is 1.39. The van der Waals surface area contributed by atoms with Gasteiger partial charge < -0.3 is 9.72 Å². The Bertz CT molecular complexity index is 1300. The fourth-order valence-electron chi connectivity index (χ4n) is 4.88. The molecule has 1 fully saturated rings. The van der Waals surface area contributed by atoms with E-state index in [-0.39, 0.29) is 24.2 Å². The van der Waals surface area contributed by atoms with Crippen molar-refractivity contribution in [1.82, 2.24) is 9.88 Å². The number of para-hydroxylation sites is 1. The van der Waals surface area contributed by atoms with Gasteiger partial charge in [0.2, 0.25) is 0 Å². The number of fused-ring (bicyclic) bond motifs is 1. The summed E-state index contributed by atoms with van der Waals surface area (Å²) in [7, 11) is 0. The second-order valence-electron chi connectivity index (χ2n) is 8.92. The minimum absolute atomic E-state index is 0.0118. The van der Waals surface area contributed by atoms with Gasteiger partial charge in [-0.25, -0.2) is 0 Å².